The lowest BCUT2D eigenvalue weighted by molar-refractivity contribution is 0.138. The van der Waals surface area contributed by atoms with Crippen molar-refractivity contribution in [2.45, 2.75) is 70.8 Å². The van der Waals surface area contributed by atoms with Crippen molar-refractivity contribution in [3.05, 3.63) is 0 Å². The molecule has 1 fully saturated rings. The van der Waals surface area contributed by atoms with E-state index >= 15 is 0 Å². The van der Waals surface area contributed by atoms with Gasteiger partial charge < -0.3 is 10.4 Å². The molecule has 2 N–H and O–H groups in total. The third-order valence-corrected chi connectivity index (χ3v) is 4.10. The molecule has 0 spiro atoms. The average molecular weight is 227 g/mol. The maximum absolute atomic E-state index is 9.21. The highest BCUT2D eigenvalue weighted by molar-refractivity contribution is 4.92. The van der Waals surface area contributed by atoms with E-state index in [0.717, 1.165) is 18.9 Å². The average Bonchev–Trinajstić information content (AvgIpc) is 2.30. The maximum Gasteiger partial charge on any atom is 0.0448 e. The summed E-state index contributed by atoms with van der Waals surface area (Å²) in [7, 11) is 0. The second-order valence-electron chi connectivity index (χ2n) is 5.41. The fourth-order valence-corrected chi connectivity index (χ4v) is 3.05. The summed E-state index contributed by atoms with van der Waals surface area (Å²) in [5.41, 5.74) is 0.259. The van der Waals surface area contributed by atoms with Crippen LogP contribution in [0.1, 0.15) is 65.2 Å². The largest absolute Gasteiger partial charge is 0.396 e. The second kappa shape index (κ2) is 7.29. The van der Waals surface area contributed by atoms with Gasteiger partial charge in [-0.05, 0) is 51.0 Å². The maximum atomic E-state index is 9.21. The molecule has 0 bridgehead atoms. The molecule has 16 heavy (non-hydrogen) atoms. The van der Waals surface area contributed by atoms with Crippen LogP contribution in [0.25, 0.3) is 0 Å². The van der Waals surface area contributed by atoms with Gasteiger partial charge in [-0.25, -0.2) is 0 Å². The van der Waals surface area contributed by atoms with Gasteiger partial charge >= 0.3 is 0 Å². The van der Waals surface area contributed by atoms with Gasteiger partial charge in [-0.2, -0.15) is 0 Å². The molecule has 1 rings (SSSR count). The third kappa shape index (κ3) is 4.06. The van der Waals surface area contributed by atoms with E-state index in [0.29, 0.717) is 6.61 Å². The van der Waals surface area contributed by atoms with E-state index in [-0.39, 0.29) is 5.54 Å². The Bertz CT molecular complexity index is 174. The Morgan fingerprint density at radius 3 is 2.38 bits per heavy atom. The summed E-state index contributed by atoms with van der Waals surface area (Å²) in [5, 5.41) is 12.9. The van der Waals surface area contributed by atoms with Gasteiger partial charge in [0.1, 0.15) is 0 Å². The minimum atomic E-state index is 0.259. The fraction of sp³-hybridized carbons (Fsp3) is 1.00. The van der Waals surface area contributed by atoms with E-state index in [1.54, 1.807) is 0 Å². The van der Waals surface area contributed by atoms with E-state index < -0.39 is 0 Å². The summed E-state index contributed by atoms with van der Waals surface area (Å²) in [6, 6.07) is 0. The third-order valence-electron chi connectivity index (χ3n) is 4.10. The van der Waals surface area contributed by atoms with Crippen molar-refractivity contribution in [1.82, 2.24) is 5.32 Å². The Kier molecular flexibility index (Phi) is 6.37. The summed E-state index contributed by atoms with van der Waals surface area (Å²) >= 11 is 0. The number of nitrogens with one attached hydrogen (secondary N) is 1. The van der Waals surface area contributed by atoms with Crippen molar-refractivity contribution >= 4 is 0 Å². The first-order valence-electron chi connectivity index (χ1n) is 7.12. The number of aliphatic hydroxyl groups is 1. The van der Waals surface area contributed by atoms with E-state index in [4.69, 9.17) is 0 Å². The molecule has 0 aromatic carbocycles. The summed E-state index contributed by atoms with van der Waals surface area (Å²) in [5.74, 6) is 0.945. The monoisotopic (exact) mass is 227 g/mol. The van der Waals surface area contributed by atoms with Crippen molar-refractivity contribution in [1.29, 1.82) is 0 Å². The van der Waals surface area contributed by atoms with Gasteiger partial charge in [-0.15, -0.1) is 0 Å². The molecule has 0 saturated heterocycles. The molecule has 0 atom stereocenters. The number of aliphatic hydroxyl groups excluding tert-OH is 1. The zero-order chi connectivity index (χ0) is 11.9. The van der Waals surface area contributed by atoms with E-state index in [9.17, 15) is 5.11 Å². The summed E-state index contributed by atoms with van der Waals surface area (Å²) in [6.07, 6.45) is 10.1. The zero-order valence-electron chi connectivity index (χ0n) is 11.1. The van der Waals surface area contributed by atoms with Crippen molar-refractivity contribution in [3.8, 4) is 0 Å². The Labute approximate surface area is 101 Å². The molecule has 1 aliphatic carbocycles. The molecule has 1 saturated carbocycles. The Hall–Kier alpha value is -0.0800. The molecule has 2 nitrogen and oxygen atoms in total. The van der Waals surface area contributed by atoms with Gasteiger partial charge in [0.2, 0.25) is 0 Å². The van der Waals surface area contributed by atoms with Gasteiger partial charge in [0, 0.05) is 12.1 Å². The minimum Gasteiger partial charge on any atom is -0.396 e. The minimum absolute atomic E-state index is 0.259. The Balaban J connectivity index is 2.41. The van der Waals surface area contributed by atoms with Gasteiger partial charge in [0.05, 0.1) is 0 Å². The lowest BCUT2D eigenvalue weighted by Crippen LogP contribution is -2.48. The molecule has 0 aromatic rings. The smallest absolute Gasteiger partial charge is 0.0448 e. The van der Waals surface area contributed by atoms with Gasteiger partial charge in [-0.1, -0.05) is 26.7 Å². The molecule has 96 valence electrons. The zero-order valence-corrected chi connectivity index (χ0v) is 11.1. The Morgan fingerprint density at radius 2 is 1.88 bits per heavy atom. The SMILES string of the molecule is CCCNC1(CCO)CCC(CCC)CC1. The van der Waals surface area contributed by atoms with Crippen LogP contribution in [0, 0.1) is 5.92 Å². The fourth-order valence-electron chi connectivity index (χ4n) is 3.05. The second-order valence-corrected chi connectivity index (χ2v) is 5.41. The van der Waals surface area contributed by atoms with E-state index in [1.807, 2.05) is 0 Å². The van der Waals surface area contributed by atoms with Crippen molar-refractivity contribution in [2.24, 2.45) is 5.92 Å². The van der Waals surface area contributed by atoms with Crippen molar-refractivity contribution in [2.75, 3.05) is 13.2 Å². The van der Waals surface area contributed by atoms with Gasteiger partial charge in [-0.3, -0.25) is 0 Å². The number of hydrogen-bond acceptors (Lipinski definition) is 2. The van der Waals surface area contributed by atoms with E-state index in [2.05, 4.69) is 19.2 Å². The highest BCUT2D eigenvalue weighted by atomic mass is 16.3. The molecular formula is C14H29NO. The summed E-state index contributed by atoms with van der Waals surface area (Å²) in [4.78, 5) is 0. The predicted octanol–water partition coefficient (Wildman–Crippen LogP) is 3.10. The highest BCUT2D eigenvalue weighted by Gasteiger charge is 2.33. The van der Waals surface area contributed by atoms with Crippen LogP contribution in [0.4, 0.5) is 0 Å². The first-order valence-corrected chi connectivity index (χ1v) is 7.12. The van der Waals surface area contributed by atoms with Crippen molar-refractivity contribution in [3.63, 3.8) is 0 Å². The highest BCUT2D eigenvalue weighted by Crippen LogP contribution is 2.36. The van der Waals surface area contributed by atoms with Gasteiger partial charge in [0.25, 0.3) is 0 Å². The first-order chi connectivity index (χ1) is 7.76. The Morgan fingerprint density at radius 1 is 1.19 bits per heavy atom. The molecule has 0 aromatic heterocycles. The quantitative estimate of drug-likeness (QED) is 0.700. The van der Waals surface area contributed by atoms with Crippen LogP contribution < -0.4 is 5.32 Å². The number of hydrogen-bond donors (Lipinski definition) is 2. The molecule has 2 heteroatoms. The molecule has 0 heterocycles. The van der Waals surface area contributed by atoms with Crippen LogP contribution in [0.5, 0.6) is 0 Å². The summed E-state index contributed by atoms with van der Waals surface area (Å²) in [6.45, 7) is 5.92. The molecule has 1 aliphatic rings. The molecular weight excluding hydrogens is 198 g/mol. The van der Waals surface area contributed by atoms with E-state index in [1.165, 1.54) is 44.9 Å². The molecule has 0 amide bonds. The van der Waals surface area contributed by atoms with Crippen LogP contribution in [0.2, 0.25) is 0 Å². The lowest BCUT2D eigenvalue weighted by atomic mass is 9.73. The molecule has 0 aliphatic heterocycles. The van der Waals surface area contributed by atoms with Crippen LogP contribution >= 0.6 is 0 Å². The van der Waals surface area contributed by atoms with Crippen LogP contribution in [0.15, 0.2) is 0 Å². The summed E-state index contributed by atoms with van der Waals surface area (Å²) < 4.78 is 0. The molecule has 0 radical (unpaired) electrons. The topological polar surface area (TPSA) is 32.3 Å². The first kappa shape index (κ1) is 14.0. The number of rotatable bonds is 7. The standard InChI is InChI=1S/C14H29NO/c1-3-5-13-6-8-14(9-7-13,10-12-16)15-11-4-2/h13,15-16H,3-12H2,1-2H3. The predicted molar refractivity (Wildman–Crippen MR) is 69.6 cm³/mol. The lowest BCUT2D eigenvalue weighted by Gasteiger charge is -2.41. The van der Waals surface area contributed by atoms with Crippen molar-refractivity contribution < 1.29 is 5.11 Å². The van der Waals surface area contributed by atoms with Crippen LogP contribution in [-0.2, 0) is 0 Å². The normalized spacial score (nSPS) is 30.6. The van der Waals surface area contributed by atoms with Gasteiger partial charge in [0.15, 0.2) is 0 Å². The van der Waals surface area contributed by atoms with Crippen LogP contribution in [0.3, 0.4) is 0 Å². The molecule has 0 unspecified atom stereocenters. The van der Waals surface area contributed by atoms with Crippen LogP contribution in [-0.4, -0.2) is 23.8 Å².